The van der Waals surface area contributed by atoms with Crippen LogP contribution in [0.4, 0.5) is 0 Å². The molecule has 13 heteroatoms. The lowest BCUT2D eigenvalue weighted by atomic mass is 9.93. The fourth-order valence-corrected chi connectivity index (χ4v) is 7.35. The molecule has 276 valence electrons. The van der Waals surface area contributed by atoms with Crippen LogP contribution in [0.2, 0.25) is 0 Å². The number of benzene rings is 2. The maximum Gasteiger partial charge on any atom is 0.242 e. The van der Waals surface area contributed by atoms with Crippen LogP contribution in [0.15, 0.2) is 72.2 Å². The van der Waals surface area contributed by atoms with Gasteiger partial charge in [-0.05, 0) is 44.2 Å². The third-order valence-corrected chi connectivity index (χ3v) is 10.4. The van der Waals surface area contributed by atoms with Gasteiger partial charge in [0.25, 0.3) is 0 Å². The van der Waals surface area contributed by atoms with Crippen molar-refractivity contribution in [1.29, 1.82) is 0 Å². The standard InChI is InChI=1S/C38H52N6O6S/c1-25(35(47)42-28(36-40-19-21-51-36)22-26-14-9-7-10-15-26)34(50-6)29-18-13-20-44(29)31(45)23-30(49-5)33(27-16-11-8-12-17-27)43(4)32(46)24-41-37(48)38(2,3)39/h7-12,14-17,19,21,25,28-30,33-34H,13,18,20,22-24,39H2,1-6H3,(H,41,48)(H,42,47). The van der Waals surface area contributed by atoms with Crippen molar-refractivity contribution in [3.8, 4) is 0 Å². The third-order valence-electron chi connectivity index (χ3n) is 9.49. The van der Waals surface area contributed by atoms with Gasteiger partial charge in [0.1, 0.15) is 5.01 Å². The topological polar surface area (TPSA) is 156 Å². The minimum Gasteiger partial charge on any atom is -0.378 e. The average Bonchev–Trinajstić information content (AvgIpc) is 3.84. The Morgan fingerprint density at radius 2 is 1.73 bits per heavy atom. The van der Waals surface area contributed by atoms with Crippen molar-refractivity contribution in [2.75, 3.05) is 34.4 Å². The van der Waals surface area contributed by atoms with Crippen LogP contribution in [0.25, 0.3) is 0 Å². The summed E-state index contributed by atoms with van der Waals surface area (Å²) >= 11 is 1.49. The largest absolute Gasteiger partial charge is 0.378 e. The molecule has 6 unspecified atom stereocenters. The number of hydrogen-bond donors (Lipinski definition) is 3. The molecule has 0 bridgehead atoms. The molecular formula is C38H52N6O6S. The molecule has 1 aromatic heterocycles. The first-order valence-electron chi connectivity index (χ1n) is 17.3. The molecule has 1 aliphatic rings. The summed E-state index contributed by atoms with van der Waals surface area (Å²) in [7, 11) is 4.73. The summed E-state index contributed by atoms with van der Waals surface area (Å²) in [5.41, 5.74) is 6.61. The fourth-order valence-electron chi connectivity index (χ4n) is 6.66. The molecule has 0 aliphatic carbocycles. The fraction of sp³-hybridized carbons (Fsp3) is 0.500. The highest BCUT2D eigenvalue weighted by molar-refractivity contribution is 7.09. The van der Waals surface area contributed by atoms with Gasteiger partial charge >= 0.3 is 0 Å². The lowest BCUT2D eigenvalue weighted by Crippen LogP contribution is -2.52. The molecule has 0 saturated carbocycles. The number of likely N-dealkylation sites (tertiary alicyclic amines) is 1. The van der Waals surface area contributed by atoms with Crippen molar-refractivity contribution in [2.45, 2.75) is 82.3 Å². The van der Waals surface area contributed by atoms with Gasteiger partial charge in [0.2, 0.25) is 23.6 Å². The molecule has 1 aliphatic heterocycles. The number of nitrogens with two attached hydrogens (primary N) is 1. The number of carbonyl (C=O) groups excluding carboxylic acids is 4. The van der Waals surface area contributed by atoms with Crippen LogP contribution in [0.5, 0.6) is 0 Å². The van der Waals surface area contributed by atoms with E-state index in [0.717, 1.165) is 22.6 Å². The highest BCUT2D eigenvalue weighted by Gasteiger charge is 2.42. The Hall–Kier alpha value is -4.17. The first-order valence-corrected chi connectivity index (χ1v) is 18.2. The SMILES string of the molecule is COC(CC(=O)N1CCCC1C(OC)C(C)C(=O)NC(Cc1ccccc1)c1nccs1)C(c1ccccc1)N(C)C(=O)CNC(=O)C(C)(C)N. The number of rotatable bonds is 17. The van der Waals surface area contributed by atoms with Crippen molar-refractivity contribution >= 4 is 35.0 Å². The minimum absolute atomic E-state index is 0.0213. The number of hydrogen-bond acceptors (Lipinski definition) is 9. The number of ether oxygens (including phenoxy) is 2. The zero-order valence-electron chi connectivity index (χ0n) is 30.4. The monoisotopic (exact) mass is 720 g/mol. The van der Waals surface area contributed by atoms with Crippen LogP contribution >= 0.6 is 11.3 Å². The van der Waals surface area contributed by atoms with Gasteiger partial charge < -0.3 is 35.6 Å². The van der Waals surface area contributed by atoms with Gasteiger partial charge in [0, 0.05) is 39.4 Å². The second-order valence-corrected chi connectivity index (χ2v) is 14.6. The normalized spacial score (nSPS) is 17.5. The molecule has 0 spiro atoms. The summed E-state index contributed by atoms with van der Waals surface area (Å²) in [5, 5.41) is 8.53. The van der Waals surface area contributed by atoms with Crippen LogP contribution in [0, 0.1) is 5.92 Å². The number of thiazole rings is 1. The molecule has 4 N–H and O–H groups in total. The average molecular weight is 721 g/mol. The Balaban J connectivity index is 1.48. The van der Waals surface area contributed by atoms with Gasteiger partial charge in [-0.3, -0.25) is 19.2 Å². The molecule has 2 aromatic carbocycles. The first kappa shape index (κ1) is 39.6. The Bertz CT molecular complexity index is 1570. The van der Waals surface area contributed by atoms with Crippen LogP contribution in [0.1, 0.15) is 68.3 Å². The number of nitrogens with zero attached hydrogens (tertiary/aromatic N) is 3. The zero-order valence-corrected chi connectivity index (χ0v) is 31.2. The molecule has 1 saturated heterocycles. The summed E-state index contributed by atoms with van der Waals surface area (Å²) in [6.07, 6.45) is 2.47. The van der Waals surface area contributed by atoms with E-state index in [1.807, 2.05) is 73.0 Å². The van der Waals surface area contributed by atoms with E-state index in [0.29, 0.717) is 19.4 Å². The second kappa shape index (κ2) is 18.4. The van der Waals surface area contributed by atoms with E-state index >= 15 is 0 Å². The maximum absolute atomic E-state index is 14.1. The number of aromatic nitrogens is 1. The molecular weight excluding hydrogens is 669 g/mol. The van der Waals surface area contributed by atoms with E-state index in [2.05, 4.69) is 15.6 Å². The van der Waals surface area contributed by atoms with Gasteiger partial charge in [-0.25, -0.2) is 4.98 Å². The maximum atomic E-state index is 14.1. The predicted molar refractivity (Wildman–Crippen MR) is 196 cm³/mol. The zero-order chi connectivity index (χ0) is 37.1. The second-order valence-electron chi connectivity index (χ2n) is 13.6. The van der Waals surface area contributed by atoms with E-state index in [1.54, 1.807) is 39.1 Å². The summed E-state index contributed by atoms with van der Waals surface area (Å²) < 4.78 is 11.9. The quantitative estimate of drug-likeness (QED) is 0.191. The molecule has 1 fully saturated rings. The lowest BCUT2D eigenvalue weighted by Gasteiger charge is -2.37. The summed E-state index contributed by atoms with van der Waals surface area (Å²) in [5.74, 6) is -1.73. The summed E-state index contributed by atoms with van der Waals surface area (Å²) in [6, 6.07) is 18.0. The lowest BCUT2D eigenvalue weighted by molar-refractivity contribution is -0.145. The van der Waals surface area contributed by atoms with Crippen molar-refractivity contribution < 1.29 is 28.7 Å². The molecule has 6 atom stereocenters. The van der Waals surface area contributed by atoms with Gasteiger partial charge in [0.15, 0.2) is 0 Å². The van der Waals surface area contributed by atoms with Crippen molar-refractivity contribution in [3.63, 3.8) is 0 Å². The molecule has 3 aromatic rings. The molecule has 12 nitrogen and oxygen atoms in total. The summed E-state index contributed by atoms with van der Waals surface area (Å²) in [6.45, 7) is 5.21. The van der Waals surface area contributed by atoms with Crippen LogP contribution in [0.3, 0.4) is 0 Å². The minimum atomic E-state index is -1.14. The molecule has 4 rings (SSSR count). The third kappa shape index (κ3) is 10.4. The van der Waals surface area contributed by atoms with Crippen LogP contribution in [-0.4, -0.2) is 96.6 Å². The first-order chi connectivity index (χ1) is 24.3. The van der Waals surface area contributed by atoms with E-state index < -0.39 is 35.6 Å². The van der Waals surface area contributed by atoms with Crippen molar-refractivity contribution in [2.24, 2.45) is 11.7 Å². The van der Waals surface area contributed by atoms with E-state index in [-0.39, 0.29) is 42.8 Å². The molecule has 2 heterocycles. The number of carbonyl (C=O) groups is 4. The van der Waals surface area contributed by atoms with Gasteiger partial charge in [-0.1, -0.05) is 67.6 Å². The van der Waals surface area contributed by atoms with Gasteiger partial charge in [-0.2, -0.15) is 0 Å². The van der Waals surface area contributed by atoms with Crippen molar-refractivity contribution in [3.05, 3.63) is 88.4 Å². The number of likely N-dealkylation sites (N-methyl/N-ethyl adjacent to an activating group) is 1. The predicted octanol–water partition coefficient (Wildman–Crippen LogP) is 3.64. The summed E-state index contributed by atoms with van der Waals surface area (Å²) in [4.78, 5) is 61.5. The molecule has 51 heavy (non-hydrogen) atoms. The highest BCUT2D eigenvalue weighted by atomic mass is 32.1. The number of methoxy groups -OCH3 is 2. The number of nitrogens with one attached hydrogen (secondary N) is 2. The Labute approximate surface area is 305 Å². The van der Waals surface area contributed by atoms with Crippen molar-refractivity contribution in [1.82, 2.24) is 25.4 Å². The number of amides is 4. The van der Waals surface area contributed by atoms with E-state index in [4.69, 9.17) is 15.2 Å². The molecule has 4 amide bonds. The smallest absolute Gasteiger partial charge is 0.242 e. The Kier molecular flexibility index (Phi) is 14.3. The Morgan fingerprint density at radius 1 is 1.06 bits per heavy atom. The van der Waals surface area contributed by atoms with Gasteiger partial charge in [-0.15, -0.1) is 11.3 Å². The Morgan fingerprint density at radius 3 is 2.31 bits per heavy atom. The van der Waals surface area contributed by atoms with Crippen LogP contribution < -0.4 is 16.4 Å². The van der Waals surface area contributed by atoms with Crippen LogP contribution in [-0.2, 0) is 35.1 Å². The van der Waals surface area contributed by atoms with E-state index in [9.17, 15) is 19.2 Å². The highest BCUT2D eigenvalue weighted by Crippen LogP contribution is 2.32. The van der Waals surface area contributed by atoms with Gasteiger partial charge in [0.05, 0.1) is 54.8 Å². The molecule has 0 radical (unpaired) electrons. The van der Waals surface area contributed by atoms with E-state index in [1.165, 1.54) is 23.3 Å².